The highest BCUT2D eigenvalue weighted by molar-refractivity contribution is 7.92. The topological polar surface area (TPSA) is 66.5 Å². The van der Waals surface area contributed by atoms with E-state index in [0.29, 0.717) is 11.3 Å². The average Bonchev–Trinajstić information content (AvgIpc) is 2.75. The van der Waals surface area contributed by atoms with E-state index in [2.05, 4.69) is 5.32 Å². The summed E-state index contributed by atoms with van der Waals surface area (Å²) in [5, 5.41) is 2.94. The molecule has 0 aromatic heterocycles. The Bertz CT molecular complexity index is 1170. The van der Waals surface area contributed by atoms with Crippen LogP contribution >= 0.6 is 0 Å². The van der Waals surface area contributed by atoms with E-state index in [0.717, 1.165) is 28.8 Å². The van der Waals surface area contributed by atoms with Crippen molar-refractivity contribution in [3.63, 3.8) is 0 Å². The quantitative estimate of drug-likeness (QED) is 0.612. The molecular weight excluding hydrogens is 396 g/mol. The number of amides is 1. The molecule has 30 heavy (non-hydrogen) atoms. The van der Waals surface area contributed by atoms with Crippen LogP contribution in [0.5, 0.6) is 0 Å². The van der Waals surface area contributed by atoms with Crippen LogP contribution in [0.1, 0.15) is 34.0 Å². The summed E-state index contributed by atoms with van der Waals surface area (Å²) in [7, 11) is -2.29. The number of hydrogen-bond donors (Lipinski definition) is 1. The standard InChI is InChI=1S/C24H26N2O3S/c1-5-19-9-6-8-18(3)23(19)25-24(27)20-10-7-11-22(16-20)30(28,29)26(4)21-14-12-17(2)13-15-21/h6-16H,5H2,1-4H3,(H,25,27). The lowest BCUT2D eigenvalue weighted by Gasteiger charge is -2.20. The minimum Gasteiger partial charge on any atom is -0.321 e. The predicted octanol–water partition coefficient (Wildman–Crippen LogP) is 4.94. The SMILES string of the molecule is CCc1cccc(C)c1NC(=O)c1cccc(S(=O)(=O)N(C)c2ccc(C)cc2)c1. The number of nitrogens with one attached hydrogen (secondary N) is 1. The minimum atomic E-state index is -3.80. The number of hydrogen-bond acceptors (Lipinski definition) is 3. The van der Waals surface area contributed by atoms with E-state index < -0.39 is 10.0 Å². The third-order valence-corrected chi connectivity index (χ3v) is 6.91. The largest absolute Gasteiger partial charge is 0.321 e. The van der Waals surface area contributed by atoms with Gasteiger partial charge in [-0.3, -0.25) is 9.10 Å². The van der Waals surface area contributed by atoms with Gasteiger partial charge in [0.25, 0.3) is 15.9 Å². The molecule has 3 rings (SSSR count). The van der Waals surface area contributed by atoms with Gasteiger partial charge in [0.2, 0.25) is 0 Å². The molecule has 0 aliphatic heterocycles. The van der Waals surface area contributed by atoms with Crippen LogP contribution in [0.2, 0.25) is 0 Å². The Balaban J connectivity index is 1.90. The molecule has 0 bridgehead atoms. The summed E-state index contributed by atoms with van der Waals surface area (Å²) in [5.74, 6) is -0.339. The summed E-state index contributed by atoms with van der Waals surface area (Å²) in [6, 6.07) is 19.2. The first-order valence-electron chi connectivity index (χ1n) is 9.79. The molecule has 0 heterocycles. The van der Waals surface area contributed by atoms with Crippen molar-refractivity contribution in [1.29, 1.82) is 0 Å². The number of nitrogens with zero attached hydrogens (tertiary/aromatic N) is 1. The molecule has 0 saturated heterocycles. The third-order valence-electron chi connectivity index (χ3n) is 5.13. The molecule has 0 unspecified atom stereocenters. The highest BCUT2D eigenvalue weighted by Crippen LogP contribution is 2.25. The second-order valence-corrected chi connectivity index (χ2v) is 9.22. The van der Waals surface area contributed by atoms with Crippen molar-refractivity contribution in [2.75, 3.05) is 16.7 Å². The van der Waals surface area contributed by atoms with Crippen molar-refractivity contribution in [3.8, 4) is 0 Å². The zero-order valence-electron chi connectivity index (χ0n) is 17.6. The maximum Gasteiger partial charge on any atom is 0.264 e. The fourth-order valence-corrected chi connectivity index (χ4v) is 4.48. The van der Waals surface area contributed by atoms with Crippen molar-refractivity contribution in [2.24, 2.45) is 0 Å². The number of sulfonamides is 1. The molecule has 0 atom stereocenters. The lowest BCUT2D eigenvalue weighted by molar-refractivity contribution is 0.102. The smallest absolute Gasteiger partial charge is 0.264 e. The Labute approximate surface area is 178 Å². The predicted molar refractivity (Wildman–Crippen MR) is 122 cm³/mol. The lowest BCUT2D eigenvalue weighted by Crippen LogP contribution is -2.27. The minimum absolute atomic E-state index is 0.0683. The van der Waals surface area contributed by atoms with Crippen LogP contribution in [-0.2, 0) is 16.4 Å². The Morgan fingerprint density at radius 1 is 0.967 bits per heavy atom. The van der Waals surface area contributed by atoms with Crippen molar-refractivity contribution in [2.45, 2.75) is 32.1 Å². The highest BCUT2D eigenvalue weighted by atomic mass is 32.2. The van der Waals surface area contributed by atoms with E-state index >= 15 is 0 Å². The fraction of sp³-hybridized carbons (Fsp3) is 0.208. The molecular formula is C24H26N2O3S. The van der Waals surface area contributed by atoms with E-state index in [9.17, 15) is 13.2 Å². The molecule has 0 aliphatic rings. The van der Waals surface area contributed by atoms with Crippen molar-refractivity contribution in [3.05, 3.63) is 89.0 Å². The number of carbonyl (C=O) groups is 1. The Hall–Kier alpha value is -3.12. The lowest BCUT2D eigenvalue weighted by atomic mass is 10.1. The average molecular weight is 423 g/mol. The summed E-state index contributed by atoms with van der Waals surface area (Å²) in [6.07, 6.45) is 0.785. The van der Waals surface area contributed by atoms with Gasteiger partial charge in [-0.15, -0.1) is 0 Å². The maximum absolute atomic E-state index is 13.1. The van der Waals surface area contributed by atoms with Gasteiger partial charge in [0.1, 0.15) is 0 Å². The molecule has 1 N–H and O–H groups in total. The highest BCUT2D eigenvalue weighted by Gasteiger charge is 2.22. The second-order valence-electron chi connectivity index (χ2n) is 7.25. The van der Waals surface area contributed by atoms with E-state index in [4.69, 9.17) is 0 Å². The van der Waals surface area contributed by atoms with Crippen LogP contribution in [0.3, 0.4) is 0 Å². The normalized spacial score (nSPS) is 11.2. The van der Waals surface area contributed by atoms with Crippen LogP contribution in [0.25, 0.3) is 0 Å². The first-order chi connectivity index (χ1) is 14.2. The molecule has 3 aromatic rings. The molecule has 0 fully saturated rings. The van der Waals surface area contributed by atoms with Gasteiger partial charge in [-0.1, -0.05) is 48.9 Å². The van der Waals surface area contributed by atoms with Gasteiger partial charge < -0.3 is 5.32 Å². The molecule has 0 radical (unpaired) electrons. The van der Waals surface area contributed by atoms with Gasteiger partial charge in [0, 0.05) is 18.3 Å². The van der Waals surface area contributed by atoms with E-state index in [1.165, 1.54) is 23.5 Å². The van der Waals surface area contributed by atoms with Gasteiger partial charge in [-0.2, -0.15) is 0 Å². The number of rotatable bonds is 6. The van der Waals surface area contributed by atoms with Crippen molar-refractivity contribution in [1.82, 2.24) is 0 Å². The van der Waals surface area contributed by atoms with Gasteiger partial charge in [0.05, 0.1) is 10.6 Å². The number of aryl methyl sites for hydroxylation is 3. The monoisotopic (exact) mass is 422 g/mol. The summed E-state index contributed by atoms with van der Waals surface area (Å²) in [4.78, 5) is 12.9. The Kier molecular flexibility index (Phi) is 6.27. The molecule has 0 saturated carbocycles. The number of benzene rings is 3. The van der Waals surface area contributed by atoms with Gasteiger partial charge in [-0.05, 0) is 61.7 Å². The second kappa shape index (κ2) is 8.71. The molecule has 5 nitrogen and oxygen atoms in total. The molecule has 6 heteroatoms. The fourth-order valence-electron chi connectivity index (χ4n) is 3.24. The summed E-state index contributed by atoms with van der Waals surface area (Å²) in [6.45, 7) is 5.91. The van der Waals surface area contributed by atoms with Gasteiger partial charge >= 0.3 is 0 Å². The summed E-state index contributed by atoms with van der Waals surface area (Å²) < 4.78 is 27.4. The number of anilines is 2. The van der Waals surface area contributed by atoms with Crippen LogP contribution in [-0.4, -0.2) is 21.4 Å². The number of carbonyl (C=O) groups excluding carboxylic acids is 1. The molecule has 3 aromatic carbocycles. The molecule has 1 amide bonds. The molecule has 156 valence electrons. The van der Waals surface area contributed by atoms with E-state index in [-0.39, 0.29) is 10.8 Å². The zero-order valence-corrected chi connectivity index (χ0v) is 18.5. The van der Waals surface area contributed by atoms with E-state index in [1.54, 1.807) is 24.3 Å². The van der Waals surface area contributed by atoms with Crippen molar-refractivity contribution >= 4 is 27.3 Å². The van der Waals surface area contributed by atoms with Gasteiger partial charge in [-0.25, -0.2) is 8.42 Å². The van der Waals surface area contributed by atoms with Crippen LogP contribution in [0, 0.1) is 13.8 Å². The van der Waals surface area contributed by atoms with Crippen LogP contribution in [0.15, 0.2) is 71.6 Å². The first kappa shape index (κ1) is 21.6. The number of para-hydroxylation sites is 1. The van der Waals surface area contributed by atoms with Crippen LogP contribution < -0.4 is 9.62 Å². The zero-order chi connectivity index (χ0) is 21.9. The first-order valence-corrected chi connectivity index (χ1v) is 11.2. The molecule has 0 spiro atoms. The van der Waals surface area contributed by atoms with E-state index in [1.807, 2.05) is 51.1 Å². The Morgan fingerprint density at radius 2 is 1.63 bits per heavy atom. The third kappa shape index (κ3) is 4.39. The maximum atomic E-state index is 13.1. The van der Waals surface area contributed by atoms with Gasteiger partial charge in [0.15, 0.2) is 0 Å². The summed E-state index contributed by atoms with van der Waals surface area (Å²) in [5.41, 5.74) is 4.67. The van der Waals surface area contributed by atoms with Crippen LogP contribution in [0.4, 0.5) is 11.4 Å². The summed E-state index contributed by atoms with van der Waals surface area (Å²) >= 11 is 0. The Morgan fingerprint density at radius 3 is 2.30 bits per heavy atom. The van der Waals surface area contributed by atoms with Crippen molar-refractivity contribution < 1.29 is 13.2 Å². The molecule has 0 aliphatic carbocycles.